The zero-order chi connectivity index (χ0) is 24.4. The highest BCUT2D eigenvalue weighted by Crippen LogP contribution is 2.28. The number of piperazine rings is 1. The number of aliphatic hydroxyl groups is 1. The Morgan fingerprint density at radius 2 is 2.12 bits per heavy atom. The van der Waals surface area contributed by atoms with E-state index in [0.29, 0.717) is 19.0 Å². The summed E-state index contributed by atoms with van der Waals surface area (Å²) in [4.78, 5) is 16.5. The van der Waals surface area contributed by atoms with Gasteiger partial charge < -0.3 is 29.2 Å². The van der Waals surface area contributed by atoms with Gasteiger partial charge in [0, 0.05) is 44.5 Å². The molecule has 0 saturated carbocycles. The topological polar surface area (TPSA) is 125 Å². The molecule has 2 aliphatic heterocycles. The molecule has 0 bridgehead atoms. The molecule has 4 rings (SSSR count). The average Bonchev–Trinajstić information content (AvgIpc) is 3.40. The molecule has 2 fully saturated rings. The van der Waals surface area contributed by atoms with Crippen LogP contribution in [0.1, 0.15) is 49.5 Å². The SMILES string of the molecule is Cc1cc(CN2CCN(C(=O)OC(C)C)[C@@H](C)C2)c(C)c(Nc2nnc([C@@H]3CNC(O)O3)o2)c1. The molecule has 3 heterocycles. The number of aliphatic hydroxyl groups excluding tert-OH is 1. The van der Waals surface area contributed by atoms with E-state index in [4.69, 9.17) is 13.9 Å². The molecule has 1 aromatic heterocycles. The van der Waals surface area contributed by atoms with Crippen LogP contribution in [0.4, 0.5) is 16.5 Å². The minimum atomic E-state index is -1.03. The number of ether oxygens (including phenoxy) is 2. The molecule has 1 amide bonds. The van der Waals surface area contributed by atoms with Gasteiger partial charge in [-0.2, -0.15) is 0 Å². The second kappa shape index (κ2) is 10.3. The van der Waals surface area contributed by atoms with Crippen LogP contribution in [0.15, 0.2) is 16.5 Å². The van der Waals surface area contributed by atoms with Gasteiger partial charge in [0.25, 0.3) is 0 Å². The Kier molecular flexibility index (Phi) is 7.36. The molecule has 11 nitrogen and oxygen atoms in total. The molecule has 1 aromatic carbocycles. The fourth-order valence-corrected chi connectivity index (χ4v) is 4.32. The largest absolute Gasteiger partial charge is 0.447 e. The van der Waals surface area contributed by atoms with Crippen molar-refractivity contribution < 1.29 is 23.8 Å². The quantitative estimate of drug-likeness (QED) is 0.575. The molecule has 1 unspecified atom stereocenters. The third kappa shape index (κ3) is 5.66. The van der Waals surface area contributed by atoms with Crippen molar-refractivity contribution in [1.29, 1.82) is 0 Å². The summed E-state index contributed by atoms with van der Waals surface area (Å²) >= 11 is 0. The van der Waals surface area contributed by atoms with E-state index >= 15 is 0 Å². The Labute approximate surface area is 199 Å². The Morgan fingerprint density at radius 3 is 2.79 bits per heavy atom. The lowest BCUT2D eigenvalue weighted by molar-refractivity contribution is -0.106. The van der Waals surface area contributed by atoms with Crippen molar-refractivity contribution in [2.45, 2.75) is 65.8 Å². The van der Waals surface area contributed by atoms with Crippen LogP contribution in [0.5, 0.6) is 0 Å². The molecule has 11 heteroatoms. The second-order valence-corrected chi connectivity index (χ2v) is 9.26. The molecule has 3 atom stereocenters. The lowest BCUT2D eigenvalue weighted by atomic mass is 10.0. The summed E-state index contributed by atoms with van der Waals surface area (Å²) in [5.74, 6) is 0.305. The fourth-order valence-electron chi connectivity index (χ4n) is 4.32. The number of nitrogens with one attached hydrogen (secondary N) is 2. The minimum Gasteiger partial charge on any atom is -0.447 e. The van der Waals surface area contributed by atoms with E-state index in [1.165, 1.54) is 5.56 Å². The summed E-state index contributed by atoms with van der Waals surface area (Å²) in [6, 6.07) is 4.57. The normalized spacial score (nSPS) is 23.5. The molecule has 2 aromatic rings. The lowest BCUT2D eigenvalue weighted by Gasteiger charge is -2.39. The number of carbonyl (C=O) groups is 1. The molecule has 186 valence electrons. The van der Waals surface area contributed by atoms with Crippen molar-refractivity contribution in [1.82, 2.24) is 25.3 Å². The van der Waals surface area contributed by atoms with Crippen molar-refractivity contribution in [3.8, 4) is 0 Å². The first-order chi connectivity index (χ1) is 16.2. The number of rotatable bonds is 6. The second-order valence-electron chi connectivity index (χ2n) is 9.26. The van der Waals surface area contributed by atoms with Crippen molar-refractivity contribution >= 4 is 17.8 Å². The number of aryl methyl sites for hydroxylation is 1. The van der Waals surface area contributed by atoms with Gasteiger partial charge in [0.1, 0.15) is 0 Å². The maximum Gasteiger partial charge on any atom is 0.410 e. The third-order valence-electron chi connectivity index (χ3n) is 6.06. The number of anilines is 2. The van der Waals surface area contributed by atoms with Gasteiger partial charge in [0.05, 0.1) is 6.10 Å². The van der Waals surface area contributed by atoms with E-state index in [1.807, 2.05) is 24.8 Å². The summed E-state index contributed by atoms with van der Waals surface area (Å²) in [6.45, 7) is 13.3. The standard InChI is InChI=1S/C23H34N6O5/c1-13(2)32-23(31)29-7-6-28(11-15(29)4)12-17-8-14(3)9-18(16(17)5)25-21-27-26-20(34-21)19-10-24-22(30)33-19/h8-9,13,15,19,22,24,30H,6-7,10-12H2,1-5H3,(H,25,27)/t15-,19-,22?/m0/s1. The molecule has 2 aliphatic rings. The fraction of sp³-hybridized carbons (Fsp3) is 0.609. The van der Waals surface area contributed by atoms with Crippen LogP contribution in [-0.4, -0.2) is 75.9 Å². The first-order valence-corrected chi connectivity index (χ1v) is 11.7. The molecule has 2 saturated heterocycles. The molecule has 34 heavy (non-hydrogen) atoms. The predicted octanol–water partition coefficient (Wildman–Crippen LogP) is 2.42. The number of amides is 1. The van der Waals surface area contributed by atoms with E-state index in [1.54, 1.807) is 0 Å². The molecule has 3 N–H and O–H groups in total. The summed E-state index contributed by atoms with van der Waals surface area (Å²) < 4.78 is 16.4. The predicted molar refractivity (Wildman–Crippen MR) is 124 cm³/mol. The zero-order valence-corrected chi connectivity index (χ0v) is 20.4. The molecule has 0 aliphatic carbocycles. The van der Waals surface area contributed by atoms with Crippen LogP contribution in [0, 0.1) is 13.8 Å². The number of hydrogen-bond acceptors (Lipinski definition) is 10. The van der Waals surface area contributed by atoms with Gasteiger partial charge >= 0.3 is 12.1 Å². The summed E-state index contributed by atoms with van der Waals surface area (Å²) in [5.41, 5.74) is 4.29. The van der Waals surface area contributed by atoms with Crippen molar-refractivity contribution in [3.63, 3.8) is 0 Å². The summed E-state index contributed by atoms with van der Waals surface area (Å²) in [5, 5.41) is 23.6. The van der Waals surface area contributed by atoms with Crippen LogP contribution in [0.25, 0.3) is 0 Å². The van der Waals surface area contributed by atoms with Crippen LogP contribution in [-0.2, 0) is 16.0 Å². The van der Waals surface area contributed by atoms with Crippen LogP contribution in [0.3, 0.4) is 0 Å². The Bertz CT molecular complexity index is 1010. The Balaban J connectivity index is 1.41. The van der Waals surface area contributed by atoms with Crippen LogP contribution in [0.2, 0.25) is 0 Å². The monoisotopic (exact) mass is 474 g/mol. The van der Waals surface area contributed by atoms with E-state index in [2.05, 4.69) is 52.6 Å². The van der Waals surface area contributed by atoms with E-state index in [-0.39, 0.29) is 24.3 Å². The highest BCUT2D eigenvalue weighted by atomic mass is 16.6. The third-order valence-corrected chi connectivity index (χ3v) is 6.06. The summed E-state index contributed by atoms with van der Waals surface area (Å²) in [6.07, 6.45) is -1.87. The van der Waals surface area contributed by atoms with E-state index in [0.717, 1.165) is 36.4 Å². The number of hydrogen-bond donors (Lipinski definition) is 3. The molecular weight excluding hydrogens is 440 g/mol. The van der Waals surface area contributed by atoms with Gasteiger partial charge in [-0.25, -0.2) is 4.79 Å². The van der Waals surface area contributed by atoms with Gasteiger partial charge in [-0.15, -0.1) is 5.10 Å². The Hall–Kier alpha value is -2.73. The first kappa shape index (κ1) is 24.4. The number of benzene rings is 1. The number of aromatic nitrogens is 2. The zero-order valence-electron chi connectivity index (χ0n) is 20.4. The number of nitrogens with zero attached hydrogens (tertiary/aromatic N) is 4. The van der Waals surface area contributed by atoms with Gasteiger partial charge in [-0.1, -0.05) is 11.2 Å². The van der Waals surface area contributed by atoms with Crippen molar-refractivity contribution in [3.05, 3.63) is 34.7 Å². The van der Waals surface area contributed by atoms with Crippen molar-refractivity contribution in [2.75, 3.05) is 31.5 Å². The Morgan fingerprint density at radius 1 is 1.32 bits per heavy atom. The lowest BCUT2D eigenvalue weighted by Crippen LogP contribution is -2.54. The van der Waals surface area contributed by atoms with Crippen LogP contribution < -0.4 is 10.6 Å². The van der Waals surface area contributed by atoms with Gasteiger partial charge in [0.2, 0.25) is 12.3 Å². The molecule has 0 spiro atoms. The van der Waals surface area contributed by atoms with E-state index < -0.39 is 12.5 Å². The maximum absolute atomic E-state index is 12.3. The van der Waals surface area contributed by atoms with Crippen molar-refractivity contribution in [2.24, 2.45) is 0 Å². The van der Waals surface area contributed by atoms with Crippen LogP contribution >= 0.6 is 0 Å². The van der Waals surface area contributed by atoms with Gasteiger partial charge in [-0.3, -0.25) is 10.2 Å². The van der Waals surface area contributed by atoms with E-state index in [9.17, 15) is 9.90 Å². The molecule has 0 radical (unpaired) electrons. The summed E-state index contributed by atoms with van der Waals surface area (Å²) in [7, 11) is 0. The minimum absolute atomic E-state index is 0.0744. The van der Waals surface area contributed by atoms with Gasteiger partial charge in [0.15, 0.2) is 6.10 Å². The smallest absolute Gasteiger partial charge is 0.410 e. The molecular formula is C23H34N6O5. The average molecular weight is 475 g/mol. The number of carbonyl (C=O) groups excluding carboxylic acids is 1. The first-order valence-electron chi connectivity index (χ1n) is 11.7. The highest BCUT2D eigenvalue weighted by Gasteiger charge is 2.30. The highest BCUT2D eigenvalue weighted by molar-refractivity contribution is 5.68. The maximum atomic E-state index is 12.3. The van der Waals surface area contributed by atoms with Gasteiger partial charge in [-0.05, 0) is 57.4 Å².